The van der Waals surface area contributed by atoms with E-state index in [-0.39, 0.29) is 5.82 Å². The van der Waals surface area contributed by atoms with Crippen LogP contribution in [0.25, 0.3) is 11.6 Å². The molecule has 0 aliphatic carbocycles. The number of benzene rings is 2. The van der Waals surface area contributed by atoms with E-state index in [2.05, 4.69) is 23.5 Å². The molecule has 0 aromatic heterocycles. The van der Waals surface area contributed by atoms with Gasteiger partial charge in [0.2, 0.25) is 0 Å². The predicted octanol–water partition coefficient (Wildman–Crippen LogP) is 3.79. The molecule has 1 heterocycles. The van der Waals surface area contributed by atoms with Crippen LogP contribution in [0.3, 0.4) is 0 Å². The number of anilines is 1. The zero-order valence-corrected chi connectivity index (χ0v) is 9.28. The molecule has 0 atom stereocenters. The molecule has 0 bridgehead atoms. The summed E-state index contributed by atoms with van der Waals surface area (Å²) in [5, 5.41) is 3.34. The first-order chi connectivity index (χ1) is 8.33. The first kappa shape index (κ1) is 10.1. The number of hydrogen-bond donors (Lipinski definition) is 1. The van der Waals surface area contributed by atoms with Gasteiger partial charge in [-0.25, -0.2) is 4.39 Å². The summed E-state index contributed by atoms with van der Waals surface area (Å²) < 4.78 is 12.8. The van der Waals surface area contributed by atoms with Crippen LogP contribution < -0.4 is 5.32 Å². The van der Waals surface area contributed by atoms with Crippen LogP contribution in [0.4, 0.5) is 10.1 Å². The van der Waals surface area contributed by atoms with E-state index >= 15 is 0 Å². The Morgan fingerprint density at radius 1 is 1.00 bits per heavy atom. The fourth-order valence-corrected chi connectivity index (χ4v) is 2.09. The fourth-order valence-electron chi connectivity index (χ4n) is 2.09. The summed E-state index contributed by atoms with van der Waals surface area (Å²) in [5.41, 5.74) is 4.67. The molecule has 1 nitrogen and oxygen atoms in total. The number of fused-ring (bicyclic) bond motifs is 1. The van der Waals surface area contributed by atoms with Gasteiger partial charge in [-0.1, -0.05) is 30.3 Å². The van der Waals surface area contributed by atoms with E-state index in [1.165, 1.54) is 29.0 Å². The van der Waals surface area contributed by atoms with Crippen LogP contribution in [0.2, 0.25) is 0 Å². The lowest BCUT2D eigenvalue weighted by atomic mass is 10.0. The molecule has 0 unspecified atom stereocenters. The van der Waals surface area contributed by atoms with Crippen molar-refractivity contribution < 1.29 is 4.39 Å². The van der Waals surface area contributed by atoms with Crippen molar-refractivity contribution in [3.05, 3.63) is 65.5 Å². The SMILES string of the molecule is Fc1ccc(/C=C2/CNc3ccccc32)cc1. The quantitative estimate of drug-likeness (QED) is 0.778. The molecule has 0 saturated heterocycles. The smallest absolute Gasteiger partial charge is 0.123 e. The Labute approximate surface area is 99.6 Å². The zero-order valence-electron chi connectivity index (χ0n) is 9.28. The van der Waals surface area contributed by atoms with E-state index in [1.54, 1.807) is 12.1 Å². The standard InChI is InChI=1S/C15H12FN/c16-13-7-5-11(6-8-13)9-12-10-17-15-4-2-1-3-14(12)15/h1-9,17H,10H2/b12-9-. The fraction of sp³-hybridized carbons (Fsp3) is 0.0667. The third-order valence-electron chi connectivity index (χ3n) is 2.95. The van der Waals surface area contributed by atoms with E-state index in [1.807, 2.05) is 12.1 Å². The molecule has 2 aromatic rings. The van der Waals surface area contributed by atoms with Crippen molar-refractivity contribution in [1.29, 1.82) is 0 Å². The van der Waals surface area contributed by atoms with Crippen molar-refractivity contribution in [3.63, 3.8) is 0 Å². The first-order valence-corrected chi connectivity index (χ1v) is 5.62. The van der Waals surface area contributed by atoms with Crippen LogP contribution in [0.5, 0.6) is 0 Å². The summed E-state index contributed by atoms with van der Waals surface area (Å²) in [4.78, 5) is 0. The molecule has 84 valence electrons. The number of hydrogen-bond acceptors (Lipinski definition) is 1. The van der Waals surface area contributed by atoms with Gasteiger partial charge in [-0.15, -0.1) is 0 Å². The minimum Gasteiger partial charge on any atom is -0.380 e. The maximum Gasteiger partial charge on any atom is 0.123 e. The van der Waals surface area contributed by atoms with Crippen molar-refractivity contribution in [2.75, 3.05) is 11.9 Å². The Hall–Kier alpha value is -2.09. The van der Waals surface area contributed by atoms with Crippen LogP contribution in [0.1, 0.15) is 11.1 Å². The van der Waals surface area contributed by atoms with E-state index in [9.17, 15) is 4.39 Å². The average Bonchev–Trinajstić information content (AvgIpc) is 2.76. The highest BCUT2D eigenvalue weighted by atomic mass is 19.1. The predicted molar refractivity (Wildman–Crippen MR) is 69.2 cm³/mol. The van der Waals surface area contributed by atoms with Crippen LogP contribution in [0.15, 0.2) is 48.5 Å². The second-order valence-corrected chi connectivity index (χ2v) is 4.12. The lowest BCUT2D eigenvalue weighted by molar-refractivity contribution is 0.628. The topological polar surface area (TPSA) is 12.0 Å². The van der Waals surface area contributed by atoms with E-state index in [0.717, 1.165) is 12.1 Å². The van der Waals surface area contributed by atoms with Gasteiger partial charge in [0.05, 0.1) is 0 Å². The lowest BCUT2D eigenvalue weighted by Crippen LogP contribution is -1.91. The van der Waals surface area contributed by atoms with Gasteiger partial charge in [-0.2, -0.15) is 0 Å². The Bertz CT molecular complexity index is 570. The molecular formula is C15H12FN. The molecule has 3 rings (SSSR count). The normalized spacial score (nSPS) is 15.7. The number of para-hydroxylation sites is 1. The number of halogens is 1. The first-order valence-electron chi connectivity index (χ1n) is 5.62. The monoisotopic (exact) mass is 225 g/mol. The highest BCUT2D eigenvalue weighted by molar-refractivity contribution is 5.92. The Balaban J connectivity index is 1.99. The van der Waals surface area contributed by atoms with Gasteiger partial charge in [0.15, 0.2) is 0 Å². The van der Waals surface area contributed by atoms with Crippen LogP contribution >= 0.6 is 0 Å². The highest BCUT2D eigenvalue weighted by Gasteiger charge is 2.13. The van der Waals surface area contributed by atoms with E-state index in [4.69, 9.17) is 0 Å². The van der Waals surface area contributed by atoms with Gasteiger partial charge >= 0.3 is 0 Å². The maximum absolute atomic E-state index is 12.8. The summed E-state index contributed by atoms with van der Waals surface area (Å²) in [6.45, 7) is 0.830. The third-order valence-corrected chi connectivity index (χ3v) is 2.95. The summed E-state index contributed by atoms with van der Waals surface area (Å²) in [6.07, 6.45) is 2.10. The molecule has 1 N–H and O–H groups in total. The van der Waals surface area contributed by atoms with Crippen LogP contribution in [0, 0.1) is 5.82 Å². The zero-order chi connectivity index (χ0) is 11.7. The molecule has 1 aliphatic rings. The largest absolute Gasteiger partial charge is 0.380 e. The molecule has 1 aliphatic heterocycles. The van der Waals surface area contributed by atoms with Gasteiger partial charge < -0.3 is 5.32 Å². The van der Waals surface area contributed by atoms with Gasteiger partial charge in [0.25, 0.3) is 0 Å². The molecule has 17 heavy (non-hydrogen) atoms. The van der Waals surface area contributed by atoms with Crippen LogP contribution in [-0.4, -0.2) is 6.54 Å². The van der Waals surface area contributed by atoms with Crippen molar-refractivity contribution in [1.82, 2.24) is 0 Å². The number of nitrogens with one attached hydrogen (secondary N) is 1. The minimum atomic E-state index is -0.197. The molecule has 0 fully saturated rings. The molecule has 0 radical (unpaired) electrons. The van der Waals surface area contributed by atoms with Crippen molar-refractivity contribution >= 4 is 17.3 Å². The molecule has 0 amide bonds. The summed E-state index contributed by atoms with van der Waals surface area (Å²) in [7, 11) is 0. The second-order valence-electron chi connectivity index (χ2n) is 4.12. The molecule has 2 heteroatoms. The Morgan fingerprint density at radius 3 is 2.59 bits per heavy atom. The van der Waals surface area contributed by atoms with Crippen molar-refractivity contribution in [3.8, 4) is 0 Å². The highest BCUT2D eigenvalue weighted by Crippen LogP contribution is 2.31. The summed E-state index contributed by atoms with van der Waals surface area (Å²) >= 11 is 0. The van der Waals surface area contributed by atoms with Crippen molar-refractivity contribution in [2.45, 2.75) is 0 Å². The Kier molecular flexibility index (Phi) is 2.41. The summed E-state index contributed by atoms with van der Waals surface area (Å²) in [5.74, 6) is -0.197. The minimum absolute atomic E-state index is 0.197. The van der Waals surface area contributed by atoms with Gasteiger partial charge in [0, 0.05) is 17.8 Å². The third kappa shape index (κ3) is 1.94. The number of rotatable bonds is 1. The Morgan fingerprint density at radius 2 is 1.76 bits per heavy atom. The molecular weight excluding hydrogens is 213 g/mol. The van der Waals surface area contributed by atoms with Gasteiger partial charge in [-0.3, -0.25) is 0 Å². The molecule has 2 aromatic carbocycles. The maximum atomic E-state index is 12.8. The van der Waals surface area contributed by atoms with E-state index < -0.39 is 0 Å². The molecule has 0 spiro atoms. The summed E-state index contributed by atoms with van der Waals surface area (Å²) in [6, 6.07) is 14.8. The average molecular weight is 225 g/mol. The van der Waals surface area contributed by atoms with Crippen molar-refractivity contribution in [2.24, 2.45) is 0 Å². The van der Waals surface area contributed by atoms with Crippen LogP contribution in [-0.2, 0) is 0 Å². The molecule has 0 saturated carbocycles. The van der Waals surface area contributed by atoms with Gasteiger partial charge in [-0.05, 0) is 35.4 Å². The lowest BCUT2D eigenvalue weighted by Gasteiger charge is -1.99. The van der Waals surface area contributed by atoms with Gasteiger partial charge in [0.1, 0.15) is 5.82 Å². The van der Waals surface area contributed by atoms with E-state index in [0.29, 0.717) is 0 Å². The second kappa shape index (κ2) is 4.06.